The molecule has 0 saturated heterocycles. The number of aromatic amines is 1. The van der Waals surface area contributed by atoms with Crippen molar-refractivity contribution in [2.45, 2.75) is 33.2 Å². The van der Waals surface area contributed by atoms with E-state index in [4.69, 9.17) is 0 Å². The van der Waals surface area contributed by atoms with Crippen molar-refractivity contribution in [3.63, 3.8) is 0 Å². The first-order chi connectivity index (χ1) is 15.8. The summed E-state index contributed by atoms with van der Waals surface area (Å²) in [5.41, 5.74) is 9.30. The number of fused-ring (bicyclic) bond motifs is 1. The number of hydrogen-bond donors (Lipinski definition) is 3. The number of hydrazine groups is 1. The second kappa shape index (κ2) is 9.23. The number of H-pyrrole nitrogens is 1. The fourth-order valence-corrected chi connectivity index (χ4v) is 3.79. The number of benzene rings is 2. The lowest BCUT2D eigenvalue weighted by atomic mass is 10.0. The van der Waals surface area contributed by atoms with Gasteiger partial charge in [-0.15, -0.1) is 0 Å². The molecule has 0 aliphatic heterocycles. The van der Waals surface area contributed by atoms with E-state index in [-0.39, 0.29) is 25.2 Å². The lowest BCUT2D eigenvalue weighted by Gasteiger charge is -2.09. The van der Waals surface area contributed by atoms with Gasteiger partial charge in [0.2, 0.25) is 5.91 Å². The van der Waals surface area contributed by atoms with Crippen LogP contribution in [-0.2, 0) is 22.6 Å². The molecule has 0 fully saturated rings. The van der Waals surface area contributed by atoms with Crippen molar-refractivity contribution in [1.29, 1.82) is 0 Å². The van der Waals surface area contributed by atoms with Gasteiger partial charge in [-0.1, -0.05) is 0 Å². The van der Waals surface area contributed by atoms with Crippen LogP contribution in [0.3, 0.4) is 0 Å². The number of halogens is 2. The Bertz CT molecular complexity index is 1320. The summed E-state index contributed by atoms with van der Waals surface area (Å²) in [7, 11) is 0. The molecule has 0 aliphatic rings. The molecule has 0 spiro atoms. The fraction of sp³-hybridized carbons (Fsp3) is 0.208. The first-order valence-electron chi connectivity index (χ1n) is 10.4. The molecule has 0 saturated carbocycles. The topological polar surface area (TPSA) is 91.8 Å². The van der Waals surface area contributed by atoms with Crippen molar-refractivity contribution in [2.24, 2.45) is 0 Å². The van der Waals surface area contributed by atoms with Crippen LogP contribution in [0.25, 0.3) is 22.2 Å². The standard InChI is InChI=1S/C24H23F2N5O2/c1-14-11-15(2)31(30-14)13-23(33)29-28-22(32)10-8-19-20-12-18(26)7-9-21(20)27-24(19)16-3-5-17(25)6-4-16/h3-7,9,11-12,27H,8,10,13H2,1-2H3,(H,28,32)(H,29,33). The SMILES string of the molecule is Cc1cc(C)n(CC(=O)NNC(=O)CCc2c(-c3ccc(F)cc3)[nH]c3ccc(F)cc23)n1. The molecule has 0 atom stereocenters. The molecule has 0 unspecified atom stereocenters. The van der Waals surface area contributed by atoms with Crippen LogP contribution >= 0.6 is 0 Å². The zero-order valence-corrected chi connectivity index (χ0v) is 18.2. The van der Waals surface area contributed by atoms with Gasteiger partial charge in [-0.05, 0) is 79.9 Å². The predicted molar refractivity (Wildman–Crippen MR) is 120 cm³/mol. The summed E-state index contributed by atoms with van der Waals surface area (Å²) < 4.78 is 28.8. The molecule has 2 heterocycles. The van der Waals surface area contributed by atoms with E-state index in [2.05, 4.69) is 20.9 Å². The van der Waals surface area contributed by atoms with Gasteiger partial charge in [0.05, 0.1) is 5.69 Å². The van der Waals surface area contributed by atoms with Crippen LogP contribution in [0, 0.1) is 25.5 Å². The Morgan fingerprint density at radius 2 is 1.67 bits per heavy atom. The largest absolute Gasteiger partial charge is 0.354 e. The summed E-state index contributed by atoms with van der Waals surface area (Å²) in [6.45, 7) is 3.66. The Labute approximate surface area is 188 Å². The van der Waals surface area contributed by atoms with Gasteiger partial charge in [0.15, 0.2) is 0 Å². The molecule has 4 rings (SSSR count). The fourth-order valence-electron chi connectivity index (χ4n) is 3.79. The highest BCUT2D eigenvalue weighted by atomic mass is 19.1. The first kappa shape index (κ1) is 22.2. The van der Waals surface area contributed by atoms with Crippen molar-refractivity contribution in [3.05, 3.63) is 77.1 Å². The molecular formula is C24H23F2N5O2. The van der Waals surface area contributed by atoms with Crippen LogP contribution in [0.4, 0.5) is 8.78 Å². The molecule has 0 aliphatic carbocycles. The van der Waals surface area contributed by atoms with Crippen LogP contribution in [0.5, 0.6) is 0 Å². The second-order valence-electron chi connectivity index (χ2n) is 7.86. The molecule has 0 radical (unpaired) electrons. The van der Waals surface area contributed by atoms with Gasteiger partial charge in [-0.3, -0.25) is 25.1 Å². The monoisotopic (exact) mass is 451 g/mol. The van der Waals surface area contributed by atoms with E-state index in [9.17, 15) is 18.4 Å². The van der Waals surface area contributed by atoms with Crippen LogP contribution in [0.2, 0.25) is 0 Å². The molecule has 7 nitrogen and oxygen atoms in total. The highest BCUT2D eigenvalue weighted by Gasteiger charge is 2.16. The van der Waals surface area contributed by atoms with E-state index in [0.29, 0.717) is 16.6 Å². The van der Waals surface area contributed by atoms with Crippen LogP contribution in [0.1, 0.15) is 23.4 Å². The predicted octanol–water partition coefficient (Wildman–Crippen LogP) is 3.71. The number of carbonyl (C=O) groups excluding carboxylic acids is 2. The van der Waals surface area contributed by atoms with Gasteiger partial charge < -0.3 is 4.98 Å². The Hall–Kier alpha value is -4.01. The molecule has 33 heavy (non-hydrogen) atoms. The Balaban J connectivity index is 1.44. The maximum Gasteiger partial charge on any atom is 0.260 e. The van der Waals surface area contributed by atoms with E-state index in [1.807, 2.05) is 19.9 Å². The average molecular weight is 451 g/mol. The molecule has 2 aromatic carbocycles. The number of nitrogens with one attached hydrogen (secondary N) is 3. The molecule has 3 N–H and O–H groups in total. The van der Waals surface area contributed by atoms with Crippen molar-refractivity contribution < 1.29 is 18.4 Å². The normalized spacial score (nSPS) is 11.0. The first-order valence-corrected chi connectivity index (χ1v) is 10.4. The third-order valence-electron chi connectivity index (χ3n) is 5.34. The third-order valence-corrected chi connectivity index (χ3v) is 5.34. The van der Waals surface area contributed by atoms with Crippen molar-refractivity contribution in [1.82, 2.24) is 25.6 Å². The number of aryl methyl sites for hydroxylation is 3. The minimum atomic E-state index is -0.407. The van der Waals surface area contributed by atoms with Crippen molar-refractivity contribution in [3.8, 4) is 11.3 Å². The van der Waals surface area contributed by atoms with Crippen LogP contribution in [0.15, 0.2) is 48.5 Å². The van der Waals surface area contributed by atoms with Gasteiger partial charge in [0.25, 0.3) is 5.91 Å². The van der Waals surface area contributed by atoms with E-state index in [1.165, 1.54) is 24.3 Å². The summed E-state index contributed by atoms with van der Waals surface area (Å²) >= 11 is 0. The quantitative estimate of drug-likeness (QED) is 0.390. The minimum Gasteiger partial charge on any atom is -0.354 e. The number of nitrogens with zero attached hydrogens (tertiary/aromatic N) is 2. The van der Waals surface area contributed by atoms with Gasteiger partial charge >= 0.3 is 0 Å². The smallest absolute Gasteiger partial charge is 0.260 e. The second-order valence-corrected chi connectivity index (χ2v) is 7.86. The molecule has 9 heteroatoms. The summed E-state index contributed by atoms with van der Waals surface area (Å²) in [6.07, 6.45) is 0.340. The molecule has 2 aromatic heterocycles. The Morgan fingerprint density at radius 3 is 2.36 bits per heavy atom. The lowest BCUT2D eigenvalue weighted by molar-refractivity contribution is -0.129. The highest BCUT2D eigenvalue weighted by molar-refractivity contribution is 5.91. The minimum absolute atomic E-state index is 0.0175. The maximum absolute atomic E-state index is 13.9. The number of hydrogen-bond acceptors (Lipinski definition) is 3. The Kier molecular flexibility index (Phi) is 6.21. The third kappa shape index (κ3) is 5.08. The van der Waals surface area contributed by atoms with Crippen molar-refractivity contribution >= 4 is 22.7 Å². The number of amides is 2. The van der Waals surface area contributed by atoms with Crippen LogP contribution in [-0.4, -0.2) is 26.6 Å². The molecule has 2 amide bonds. The van der Waals surface area contributed by atoms with E-state index >= 15 is 0 Å². The Morgan fingerprint density at radius 1 is 0.970 bits per heavy atom. The number of carbonyl (C=O) groups is 2. The number of rotatable bonds is 6. The highest BCUT2D eigenvalue weighted by Crippen LogP contribution is 2.32. The maximum atomic E-state index is 13.9. The summed E-state index contributed by atoms with van der Waals surface area (Å²) in [5, 5.41) is 4.86. The molecule has 4 aromatic rings. The molecule has 0 bridgehead atoms. The van der Waals surface area contributed by atoms with E-state index in [1.54, 1.807) is 22.9 Å². The summed E-state index contributed by atoms with van der Waals surface area (Å²) in [4.78, 5) is 27.7. The lowest BCUT2D eigenvalue weighted by Crippen LogP contribution is -2.43. The zero-order valence-electron chi connectivity index (χ0n) is 18.2. The van der Waals surface area contributed by atoms with Gasteiger partial charge in [-0.2, -0.15) is 5.10 Å². The summed E-state index contributed by atoms with van der Waals surface area (Å²) in [5.74, 6) is -1.56. The van der Waals surface area contributed by atoms with Gasteiger partial charge in [0, 0.05) is 28.7 Å². The zero-order chi connectivity index (χ0) is 23.5. The van der Waals surface area contributed by atoms with E-state index < -0.39 is 17.6 Å². The van der Waals surface area contributed by atoms with Gasteiger partial charge in [0.1, 0.15) is 18.2 Å². The molecular weight excluding hydrogens is 428 g/mol. The van der Waals surface area contributed by atoms with Crippen molar-refractivity contribution in [2.75, 3.05) is 0 Å². The van der Waals surface area contributed by atoms with Crippen LogP contribution < -0.4 is 10.9 Å². The molecule has 170 valence electrons. The van der Waals surface area contributed by atoms with E-state index in [0.717, 1.165) is 22.5 Å². The summed E-state index contributed by atoms with van der Waals surface area (Å²) in [6, 6.07) is 12.2. The van der Waals surface area contributed by atoms with Gasteiger partial charge in [-0.25, -0.2) is 8.78 Å². The number of aromatic nitrogens is 3. The average Bonchev–Trinajstić information content (AvgIpc) is 3.29.